The second-order valence-corrected chi connectivity index (χ2v) is 4.17. The zero-order valence-electron chi connectivity index (χ0n) is 11.8. The molecule has 0 saturated heterocycles. The summed E-state index contributed by atoms with van der Waals surface area (Å²) in [6.07, 6.45) is 0. The summed E-state index contributed by atoms with van der Waals surface area (Å²) in [7, 11) is 1.66. The van der Waals surface area contributed by atoms with E-state index in [1.54, 1.807) is 11.9 Å². The third kappa shape index (κ3) is 4.38. The lowest BCUT2D eigenvalue weighted by Gasteiger charge is -2.18. The van der Waals surface area contributed by atoms with Gasteiger partial charge in [0.25, 0.3) is 5.69 Å². The highest BCUT2D eigenvalue weighted by molar-refractivity contribution is 5.81. The Morgan fingerprint density at radius 2 is 2.10 bits per heavy atom. The quantitative estimate of drug-likeness (QED) is 0.571. The Bertz CT molecular complexity index is 492. The molecule has 20 heavy (non-hydrogen) atoms. The minimum absolute atomic E-state index is 0.0614. The van der Waals surface area contributed by atoms with Gasteiger partial charge in [0, 0.05) is 20.1 Å². The highest BCUT2D eigenvalue weighted by atomic mass is 16.6. The lowest BCUT2D eigenvalue weighted by atomic mass is 10.3. The normalized spacial score (nSPS) is 9.95. The molecule has 0 aliphatic heterocycles. The fourth-order valence-electron chi connectivity index (χ4n) is 1.62. The molecule has 1 rings (SSSR count). The molecule has 2 N–H and O–H groups in total. The van der Waals surface area contributed by atoms with E-state index in [0.29, 0.717) is 24.7 Å². The van der Waals surface area contributed by atoms with Gasteiger partial charge in [-0.3, -0.25) is 14.9 Å². The van der Waals surface area contributed by atoms with Crippen LogP contribution >= 0.6 is 0 Å². The van der Waals surface area contributed by atoms with Crippen LogP contribution in [0.2, 0.25) is 0 Å². The van der Waals surface area contributed by atoms with Gasteiger partial charge in [-0.15, -0.1) is 0 Å². The van der Waals surface area contributed by atoms with Crippen molar-refractivity contribution >= 4 is 23.2 Å². The molecule has 0 aliphatic carbocycles. The van der Waals surface area contributed by atoms with Crippen molar-refractivity contribution in [2.75, 3.05) is 36.9 Å². The number of carbonyl (C=O) groups is 1. The van der Waals surface area contributed by atoms with Crippen LogP contribution in [-0.4, -0.2) is 42.5 Å². The zero-order chi connectivity index (χ0) is 15.1. The van der Waals surface area contributed by atoms with Gasteiger partial charge >= 0.3 is 0 Å². The van der Waals surface area contributed by atoms with Crippen LogP contribution in [0.5, 0.6) is 0 Å². The smallest absolute Gasteiger partial charge is 0.276 e. The van der Waals surface area contributed by atoms with Gasteiger partial charge in [0.05, 0.1) is 23.6 Å². The van der Waals surface area contributed by atoms with Crippen molar-refractivity contribution in [3.05, 3.63) is 22.2 Å². The molecule has 110 valence electrons. The molecule has 1 heterocycles. The molecule has 0 unspecified atom stereocenters. The first-order valence-electron chi connectivity index (χ1n) is 6.36. The number of hydrogen-bond donors (Lipinski definition) is 2. The molecular weight excluding hydrogens is 262 g/mol. The first-order valence-corrected chi connectivity index (χ1v) is 6.36. The molecule has 1 amide bonds. The van der Waals surface area contributed by atoms with Crippen molar-refractivity contribution in [1.82, 2.24) is 10.3 Å². The van der Waals surface area contributed by atoms with Crippen LogP contribution < -0.4 is 15.5 Å². The molecule has 8 nitrogen and oxygen atoms in total. The lowest BCUT2D eigenvalue weighted by molar-refractivity contribution is -0.384. The van der Waals surface area contributed by atoms with Gasteiger partial charge in [-0.2, -0.15) is 0 Å². The maximum Gasteiger partial charge on any atom is 0.276 e. The van der Waals surface area contributed by atoms with Crippen molar-refractivity contribution in [1.29, 1.82) is 0 Å². The summed E-state index contributed by atoms with van der Waals surface area (Å²) in [6.45, 7) is 4.93. The Balaban J connectivity index is 2.97. The summed E-state index contributed by atoms with van der Waals surface area (Å²) in [5, 5.41) is 16.5. The van der Waals surface area contributed by atoms with Gasteiger partial charge in [0.15, 0.2) is 0 Å². The van der Waals surface area contributed by atoms with Gasteiger partial charge in [0.1, 0.15) is 11.6 Å². The number of amides is 1. The molecule has 0 bridgehead atoms. The van der Waals surface area contributed by atoms with Crippen molar-refractivity contribution in [2.24, 2.45) is 0 Å². The lowest BCUT2D eigenvalue weighted by Crippen LogP contribution is -2.35. The number of likely N-dealkylation sites (N-methyl/N-ethyl adjacent to an activating group) is 2. The summed E-state index contributed by atoms with van der Waals surface area (Å²) in [5.74, 6) is 0.633. The molecule has 1 aromatic heterocycles. The van der Waals surface area contributed by atoms with E-state index >= 15 is 0 Å². The Hall–Kier alpha value is -2.38. The van der Waals surface area contributed by atoms with E-state index in [9.17, 15) is 14.9 Å². The molecule has 0 radical (unpaired) electrons. The van der Waals surface area contributed by atoms with Gasteiger partial charge in [-0.1, -0.05) is 0 Å². The van der Waals surface area contributed by atoms with E-state index in [1.165, 1.54) is 12.1 Å². The predicted octanol–water partition coefficient (Wildman–Crippen LogP) is 0.994. The number of anilines is 2. The van der Waals surface area contributed by atoms with Crippen molar-refractivity contribution < 1.29 is 9.72 Å². The fraction of sp³-hybridized carbons (Fsp3) is 0.500. The Labute approximate surface area is 117 Å². The molecule has 0 atom stereocenters. The summed E-state index contributed by atoms with van der Waals surface area (Å²) < 4.78 is 0. The molecule has 0 aliphatic rings. The van der Waals surface area contributed by atoms with Crippen LogP contribution in [-0.2, 0) is 4.79 Å². The zero-order valence-corrected chi connectivity index (χ0v) is 11.8. The fourth-order valence-corrected chi connectivity index (χ4v) is 1.62. The number of nitro groups is 1. The first kappa shape index (κ1) is 15.7. The summed E-state index contributed by atoms with van der Waals surface area (Å²) in [6, 6.07) is 2.72. The van der Waals surface area contributed by atoms with E-state index < -0.39 is 4.92 Å². The van der Waals surface area contributed by atoms with Gasteiger partial charge < -0.3 is 15.5 Å². The largest absolute Gasteiger partial charge is 0.370 e. The highest BCUT2D eigenvalue weighted by Crippen LogP contribution is 2.22. The van der Waals surface area contributed by atoms with E-state index in [4.69, 9.17) is 0 Å². The number of nitrogens with zero attached hydrogens (tertiary/aromatic N) is 3. The molecule has 0 spiro atoms. The highest BCUT2D eigenvalue weighted by Gasteiger charge is 2.15. The SMILES string of the molecule is CCNC(=O)CN(C)c1cc([N+](=O)[O-])cc(NCC)n1. The van der Waals surface area contributed by atoms with Crippen LogP contribution in [0.1, 0.15) is 13.8 Å². The molecule has 0 saturated carbocycles. The van der Waals surface area contributed by atoms with Crippen LogP contribution in [0.25, 0.3) is 0 Å². The predicted molar refractivity (Wildman–Crippen MR) is 77.0 cm³/mol. The van der Waals surface area contributed by atoms with E-state index in [2.05, 4.69) is 15.6 Å². The number of rotatable bonds is 7. The molecular formula is C12H19N5O3. The van der Waals surface area contributed by atoms with Gasteiger partial charge in [-0.05, 0) is 13.8 Å². The second-order valence-electron chi connectivity index (χ2n) is 4.17. The number of carbonyl (C=O) groups excluding carboxylic acids is 1. The summed E-state index contributed by atoms with van der Waals surface area (Å²) >= 11 is 0. The Kier molecular flexibility index (Phi) is 5.70. The topological polar surface area (TPSA) is 100 Å². The van der Waals surface area contributed by atoms with E-state index in [0.717, 1.165) is 0 Å². The summed E-state index contributed by atoms with van der Waals surface area (Å²) in [4.78, 5) is 27.8. The van der Waals surface area contributed by atoms with Gasteiger partial charge in [0.2, 0.25) is 5.91 Å². The Morgan fingerprint density at radius 1 is 1.40 bits per heavy atom. The first-order chi connectivity index (χ1) is 9.47. The average molecular weight is 281 g/mol. The second kappa shape index (κ2) is 7.27. The van der Waals surface area contributed by atoms with Crippen LogP contribution in [0.3, 0.4) is 0 Å². The molecule has 8 heteroatoms. The number of nitrogens with one attached hydrogen (secondary N) is 2. The average Bonchev–Trinajstić information content (AvgIpc) is 2.38. The third-order valence-electron chi connectivity index (χ3n) is 2.51. The summed E-state index contributed by atoms with van der Waals surface area (Å²) in [5.41, 5.74) is -0.0614. The van der Waals surface area contributed by atoms with Crippen LogP contribution in [0, 0.1) is 10.1 Å². The van der Waals surface area contributed by atoms with Crippen LogP contribution in [0.4, 0.5) is 17.3 Å². The Morgan fingerprint density at radius 3 is 2.65 bits per heavy atom. The maximum absolute atomic E-state index is 11.5. The van der Waals surface area contributed by atoms with Gasteiger partial charge in [-0.25, -0.2) is 4.98 Å². The number of hydrogen-bond acceptors (Lipinski definition) is 6. The van der Waals surface area contributed by atoms with E-state index in [1.807, 2.05) is 13.8 Å². The number of aromatic nitrogens is 1. The third-order valence-corrected chi connectivity index (χ3v) is 2.51. The standard InChI is InChI=1S/C12H19N5O3/c1-4-13-10-6-9(17(19)20)7-11(15-10)16(3)8-12(18)14-5-2/h6-7H,4-5,8H2,1-3H3,(H,13,15)(H,14,18). The van der Waals surface area contributed by atoms with Crippen molar-refractivity contribution in [3.63, 3.8) is 0 Å². The minimum Gasteiger partial charge on any atom is -0.370 e. The monoisotopic (exact) mass is 281 g/mol. The molecule has 0 fully saturated rings. The van der Waals surface area contributed by atoms with Crippen LogP contribution in [0.15, 0.2) is 12.1 Å². The molecule has 1 aromatic rings. The van der Waals surface area contributed by atoms with Crippen molar-refractivity contribution in [3.8, 4) is 0 Å². The minimum atomic E-state index is -0.480. The maximum atomic E-state index is 11.5. The van der Waals surface area contributed by atoms with Crippen molar-refractivity contribution in [2.45, 2.75) is 13.8 Å². The number of pyridine rings is 1. The van der Waals surface area contributed by atoms with E-state index in [-0.39, 0.29) is 18.1 Å². The molecule has 0 aromatic carbocycles.